The molecule has 0 radical (unpaired) electrons. The molecular weight excluding hydrogens is 310 g/mol. The van der Waals surface area contributed by atoms with Crippen LogP contribution in [0, 0.1) is 0 Å². The lowest BCUT2D eigenvalue weighted by Gasteiger charge is -2.28. The van der Waals surface area contributed by atoms with Crippen molar-refractivity contribution in [3.63, 3.8) is 0 Å². The van der Waals surface area contributed by atoms with Gasteiger partial charge in [0.05, 0.1) is 0 Å². The SMILES string of the molecule is C=C1CC(c2ccccc2)c2cc(Br)ccc2N1.CC. The first kappa shape index (κ1) is 14.9. The van der Waals surface area contributed by atoms with Gasteiger partial charge < -0.3 is 5.32 Å². The number of anilines is 1. The molecule has 0 aliphatic carbocycles. The van der Waals surface area contributed by atoms with Crippen LogP contribution < -0.4 is 5.32 Å². The standard InChI is InChI=1S/C16H14BrN.C2H6/c1-11-9-14(12-5-3-2-4-6-12)15-10-13(17)7-8-16(15)18-11;1-2/h2-8,10,14,18H,1,9H2;1-2H3. The number of fused-ring (bicyclic) bond motifs is 1. The summed E-state index contributed by atoms with van der Waals surface area (Å²) < 4.78 is 1.12. The number of halogens is 1. The summed E-state index contributed by atoms with van der Waals surface area (Å²) in [5, 5.41) is 3.37. The Morgan fingerprint density at radius 1 is 1.10 bits per heavy atom. The van der Waals surface area contributed by atoms with Gasteiger partial charge in [-0.15, -0.1) is 0 Å². The Kier molecular flexibility index (Phi) is 5.02. The lowest BCUT2D eigenvalue weighted by Crippen LogP contribution is -2.15. The molecule has 1 heterocycles. The molecule has 1 nitrogen and oxygen atoms in total. The summed E-state index contributed by atoms with van der Waals surface area (Å²) in [5.74, 6) is 0.396. The van der Waals surface area contributed by atoms with Gasteiger partial charge in [-0.05, 0) is 35.7 Å². The maximum atomic E-state index is 4.09. The molecule has 1 atom stereocenters. The molecule has 0 aromatic heterocycles. The van der Waals surface area contributed by atoms with Gasteiger partial charge in [0.25, 0.3) is 0 Å². The van der Waals surface area contributed by atoms with Crippen LogP contribution in [0.4, 0.5) is 5.69 Å². The lowest BCUT2D eigenvalue weighted by atomic mass is 9.84. The van der Waals surface area contributed by atoms with Crippen molar-refractivity contribution >= 4 is 21.6 Å². The molecule has 1 N–H and O–H groups in total. The molecular formula is C18H20BrN. The fourth-order valence-corrected chi connectivity index (χ4v) is 2.90. The van der Waals surface area contributed by atoms with E-state index < -0.39 is 0 Å². The molecule has 0 saturated carbocycles. The van der Waals surface area contributed by atoms with Crippen LogP contribution in [-0.4, -0.2) is 0 Å². The maximum absolute atomic E-state index is 4.09. The highest BCUT2D eigenvalue weighted by Crippen LogP contribution is 2.40. The van der Waals surface area contributed by atoms with E-state index >= 15 is 0 Å². The molecule has 0 saturated heterocycles. The Morgan fingerprint density at radius 2 is 1.80 bits per heavy atom. The summed E-state index contributed by atoms with van der Waals surface area (Å²) in [7, 11) is 0. The molecule has 2 heteroatoms. The molecule has 0 spiro atoms. The van der Waals surface area contributed by atoms with E-state index in [0.717, 1.165) is 16.6 Å². The second-order valence-corrected chi connectivity index (χ2v) is 5.54. The summed E-state index contributed by atoms with van der Waals surface area (Å²) >= 11 is 3.56. The van der Waals surface area contributed by atoms with E-state index in [1.54, 1.807) is 0 Å². The van der Waals surface area contributed by atoms with Crippen LogP contribution in [0.2, 0.25) is 0 Å². The normalized spacial score (nSPS) is 16.6. The van der Waals surface area contributed by atoms with Gasteiger partial charge in [-0.2, -0.15) is 0 Å². The maximum Gasteiger partial charge on any atom is 0.0421 e. The second kappa shape index (κ2) is 6.76. The molecule has 1 unspecified atom stereocenters. The van der Waals surface area contributed by atoms with Crippen LogP contribution in [0.1, 0.15) is 37.3 Å². The molecule has 2 aromatic rings. The molecule has 1 aliphatic heterocycles. The number of hydrogen-bond donors (Lipinski definition) is 1. The van der Waals surface area contributed by atoms with Gasteiger partial charge in [0.2, 0.25) is 0 Å². The molecule has 0 amide bonds. The topological polar surface area (TPSA) is 12.0 Å². The van der Waals surface area contributed by atoms with Gasteiger partial charge in [-0.1, -0.05) is 66.7 Å². The second-order valence-electron chi connectivity index (χ2n) is 4.63. The minimum atomic E-state index is 0.396. The molecule has 3 rings (SSSR count). The van der Waals surface area contributed by atoms with Gasteiger partial charge in [0.15, 0.2) is 0 Å². The summed E-state index contributed by atoms with van der Waals surface area (Å²) in [6, 6.07) is 17.0. The van der Waals surface area contributed by atoms with Crippen LogP contribution in [0.15, 0.2) is 65.3 Å². The largest absolute Gasteiger partial charge is 0.359 e. The van der Waals surface area contributed by atoms with Crippen LogP contribution in [-0.2, 0) is 0 Å². The molecule has 0 fully saturated rings. The fourth-order valence-electron chi connectivity index (χ4n) is 2.52. The van der Waals surface area contributed by atoms with Gasteiger partial charge in [0, 0.05) is 21.8 Å². The zero-order chi connectivity index (χ0) is 14.5. The van der Waals surface area contributed by atoms with Gasteiger partial charge in [0.1, 0.15) is 0 Å². The fraction of sp³-hybridized carbons (Fsp3) is 0.222. The highest BCUT2D eigenvalue weighted by molar-refractivity contribution is 9.10. The van der Waals surface area contributed by atoms with E-state index in [2.05, 4.69) is 76.4 Å². The third-order valence-corrected chi connectivity index (χ3v) is 3.85. The predicted molar refractivity (Wildman–Crippen MR) is 91.2 cm³/mol. The van der Waals surface area contributed by atoms with Gasteiger partial charge >= 0.3 is 0 Å². The van der Waals surface area contributed by atoms with Crippen molar-refractivity contribution in [3.05, 3.63) is 76.4 Å². The Morgan fingerprint density at radius 3 is 2.50 bits per heavy atom. The number of benzene rings is 2. The van der Waals surface area contributed by atoms with Crippen molar-refractivity contribution in [2.75, 3.05) is 5.32 Å². The van der Waals surface area contributed by atoms with E-state index in [0.29, 0.717) is 5.92 Å². The third kappa shape index (κ3) is 3.13. The van der Waals surface area contributed by atoms with Crippen molar-refractivity contribution in [1.29, 1.82) is 0 Å². The Balaban J connectivity index is 0.000000704. The molecule has 104 valence electrons. The highest BCUT2D eigenvalue weighted by Gasteiger charge is 2.23. The quantitative estimate of drug-likeness (QED) is 0.682. The van der Waals surface area contributed by atoms with Crippen molar-refractivity contribution < 1.29 is 0 Å². The summed E-state index contributed by atoms with van der Waals surface area (Å²) in [6.45, 7) is 8.09. The zero-order valence-electron chi connectivity index (χ0n) is 12.0. The van der Waals surface area contributed by atoms with Crippen LogP contribution >= 0.6 is 15.9 Å². The molecule has 0 bridgehead atoms. The van der Waals surface area contributed by atoms with E-state index in [-0.39, 0.29) is 0 Å². The van der Waals surface area contributed by atoms with Crippen molar-refractivity contribution in [2.24, 2.45) is 0 Å². The van der Waals surface area contributed by atoms with Gasteiger partial charge in [-0.25, -0.2) is 0 Å². The highest BCUT2D eigenvalue weighted by atomic mass is 79.9. The molecule has 20 heavy (non-hydrogen) atoms. The van der Waals surface area contributed by atoms with Crippen LogP contribution in [0.5, 0.6) is 0 Å². The Bertz CT molecular complexity index is 590. The first-order valence-corrected chi connectivity index (χ1v) is 7.82. The van der Waals surface area contributed by atoms with E-state index in [1.807, 2.05) is 13.8 Å². The number of hydrogen-bond acceptors (Lipinski definition) is 1. The van der Waals surface area contributed by atoms with Crippen LogP contribution in [0.3, 0.4) is 0 Å². The predicted octanol–water partition coefficient (Wildman–Crippen LogP) is 5.94. The van der Waals surface area contributed by atoms with Crippen molar-refractivity contribution in [3.8, 4) is 0 Å². The minimum Gasteiger partial charge on any atom is -0.359 e. The average Bonchev–Trinajstić information content (AvgIpc) is 2.50. The smallest absolute Gasteiger partial charge is 0.0421 e. The van der Waals surface area contributed by atoms with E-state index in [9.17, 15) is 0 Å². The first-order chi connectivity index (χ1) is 9.74. The third-order valence-electron chi connectivity index (χ3n) is 3.35. The number of rotatable bonds is 1. The van der Waals surface area contributed by atoms with E-state index in [1.165, 1.54) is 16.8 Å². The molecule has 2 aromatic carbocycles. The number of nitrogens with one attached hydrogen (secondary N) is 1. The van der Waals surface area contributed by atoms with Crippen molar-refractivity contribution in [2.45, 2.75) is 26.2 Å². The zero-order valence-corrected chi connectivity index (χ0v) is 13.6. The summed E-state index contributed by atoms with van der Waals surface area (Å²) in [5.41, 5.74) is 4.93. The minimum absolute atomic E-state index is 0.396. The van der Waals surface area contributed by atoms with E-state index in [4.69, 9.17) is 0 Å². The van der Waals surface area contributed by atoms with Crippen molar-refractivity contribution in [1.82, 2.24) is 0 Å². The van der Waals surface area contributed by atoms with Gasteiger partial charge in [-0.3, -0.25) is 0 Å². The molecule has 1 aliphatic rings. The first-order valence-electron chi connectivity index (χ1n) is 7.03. The van der Waals surface area contributed by atoms with Crippen LogP contribution in [0.25, 0.3) is 0 Å². The monoisotopic (exact) mass is 329 g/mol. The summed E-state index contributed by atoms with van der Waals surface area (Å²) in [6.07, 6.45) is 0.952. The Hall–Kier alpha value is -1.54. The lowest BCUT2D eigenvalue weighted by molar-refractivity contribution is 0.780. The number of allylic oxidation sites excluding steroid dienone is 1. The average molecular weight is 330 g/mol. The Labute approximate surface area is 129 Å². The summed E-state index contributed by atoms with van der Waals surface area (Å²) in [4.78, 5) is 0.